The predicted molar refractivity (Wildman–Crippen MR) is 123 cm³/mol. The van der Waals surface area contributed by atoms with Gasteiger partial charge in [-0.25, -0.2) is 0 Å². The maximum atomic E-state index is 13.0. The zero-order valence-electron chi connectivity index (χ0n) is 19.5. The normalized spacial score (nSPS) is 32.4. The van der Waals surface area contributed by atoms with E-state index in [-0.39, 0.29) is 23.0 Å². The van der Waals surface area contributed by atoms with Gasteiger partial charge in [0.25, 0.3) is 0 Å². The maximum Gasteiger partial charge on any atom is 0.220 e. The van der Waals surface area contributed by atoms with Crippen molar-refractivity contribution in [3.63, 3.8) is 0 Å². The van der Waals surface area contributed by atoms with Crippen molar-refractivity contribution in [3.05, 3.63) is 52.0 Å². The van der Waals surface area contributed by atoms with Gasteiger partial charge in [-0.15, -0.1) is 4.68 Å². The van der Waals surface area contributed by atoms with E-state index < -0.39 is 0 Å². The summed E-state index contributed by atoms with van der Waals surface area (Å²) >= 11 is 0. The fraction of sp³-hybridized carbons (Fsp3) is 0.615. The summed E-state index contributed by atoms with van der Waals surface area (Å²) < 4.78 is 1.34. The van der Waals surface area contributed by atoms with Crippen LogP contribution in [0.1, 0.15) is 70.6 Å². The number of rotatable bonds is 5. The average Bonchev–Trinajstić information content (AvgIpc) is 3.41. The Morgan fingerprint density at radius 1 is 0.941 bits per heavy atom. The van der Waals surface area contributed by atoms with Crippen molar-refractivity contribution >= 4 is 11.6 Å². The number of piperazine rings is 1. The van der Waals surface area contributed by atoms with E-state index in [1.54, 1.807) is 24.3 Å². The fourth-order valence-electron chi connectivity index (χ4n) is 8.23. The molecule has 5 aliphatic carbocycles. The van der Waals surface area contributed by atoms with Crippen molar-refractivity contribution in [1.82, 2.24) is 19.6 Å². The van der Waals surface area contributed by atoms with E-state index in [0.717, 1.165) is 56.9 Å². The van der Waals surface area contributed by atoms with E-state index in [1.165, 1.54) is 36.8 Å². The third-order valence-corrected chi connectivity index (χ3v) is 9.51. The summed E-state index contributed by atoms with van der Waals surface area (Å²) in [7, 11) is 0. The molecule has 2 aromatic rings. The molecular weight excluding hydrogens is 430 g/mol. The van der Waals surface area contributed by atoms with Crippen molar-refractivity contribution in [1.29, 1.82) is 0 Å². The van der Waals surface area contributed by atoms with Crippen LogP contribution in [-0.2, 0) is 6.54 Å². The van der Waals surface area contributed by atoms with Crippen LogP contribution in [0, 0.1) is 23.0 Å². The minimum atomic E-state index is -0.348. The number of hydrogen-bond donors (Lipinski definition) is 0. The molecule has 0 N–H and O–H groups in total. The Balaban J connectivity index is 0.993. The number of ketones is 2. The highest BCUT2D eigenvalue weighted by molar-refractivity contribution is 6.26. The van der Waals surface area contributed by atoms with Crippen LogP contribution in [0.2, 0.25) is 0 Å². The van der Waals surface area contributed by atoms with Crippen LogP contribution < -0.4 is 4.96 Å². The van der Waals surface area contributed by atoms with Crippen LogP contribution in [0.25, 0.3) is 0 Å². The molecule has 5 fully saturated rings. The molecule has 6 aliphatic rings. The first-order valence-electron chi connectivity index (χ1n) is 12.9. The van der Waals surface area contributed by atoms with Gasteiger partial charge in [-0.05, 0) is 56.3 Å². The van der Waals surface area contributed by atoms with Crippen LogP contribution in [0.5, 0.6) is 0 Å². The monoisotopic (exact) mass is 461 g/mol. The van der Waals surface area contributed by atoms with E-state index in [0.29, 0.717) is 28.2 Å². The SMILES string of the molecule is O=C1c2ccccc2C(=O)c2c1n[n+]([O-])n2CCCN1CCN(C23CC4CC(CC2C4)C3)CC1. The molecule has 4 saturated carbocycles. The second-order valence-electron chi connectivity index (χ2n) is 11.2. The van der Waals surface area contributed by atoms with Crippen LogP contribution in [-0.4, -0.2) is 69.4 Å². The zero-order valence-corrected chi connectivity index (χ0v) is 19.5. The van der Waals surface area contributed by atoms with Gasteiger partial charge in [0.15, 0.2) is 5.69 Å². The second kappa shape index (κ2) is 7.46. The lowest BCUT2D eigenvalue weighted by Gasteiger charge is -2.48. The zero-order chi connectivity index (χ0) is 23.0. The summed E-state index contributed by atoms with van der Waals surface area (Å²) in [5, 5.41) is 16.4. The largest absolute Gasteiger partial charge is 0.571 e. The van der Waals surface area contributed by atoms with Gasteiger partial charge in [0.2, 0.25) is 17.3 Å². The van der Waals surface area contributed by atoms with Crippen molar-refractivity contribution in [3.8, 4) is 0 Å². The van der Waals surface area contributed by atoms with E-state index in [1.807, 2.05) is 0 Å². The third kappa shape index (κ3) is 2.91. The first kappa shape index (κ1) is 20.8. The Kier molecular flexibility index (Phi) is 4.55. The van der Waals surface area contributed by atoms with Gasteiger partial charge in [-0.3, -0.25) is 14.5 Å². The Morgan fingerprint density at radius 3 is 2.32 bits per heavy atom. The van der Waals surface area contributed by atoms with Gasteiger partial charge >= 0.3 is 0 Å². The van der Waals surface area contributed by atoms with E-state index >= 15 is 0 Å². The Labute approximate surface area is 199 Å². The van der Waals surface area contributed by atoms with Gasteiger partial charge in [0.05, 0.1) is 6.54 Å². The molecular formula is C26H31N5O3. The summed E-state index contributed by atoms with van der Waals surface area (Å²) in [6.07, 6.45) is 8.01. The smallest absolute Gasteiger partial charge is 0.220 e. The Hall–Kier alpha value is -2.58. The summed E-state index contributed by atoms with van der Waals surface area (Å²) in [5.41, 5.74) is 1.30. The molecule has 8 nitrogen and oxygen atoms in total. The molecule has 2 atom stereocenters. The van der Waals surface area contributed by atoms with Crippen LogP contribution >= 0.6 is 0 Å². The fourth-order valence-corrected chi connectivity index (χ4v) is 8.23. The molecule has 4 bridgehead atoms. The summed E-state index contributed by atoms with van der Waals surface area (Å²) in [5.74, 6) is 2.27. The third-order valence-electron chi connectivity index (χ3n) is 9.51. The molecule has 0 amide bonds. The van der Waals surface area contributed by atoms with Gasteiger partial charge in [0, 0.05) is 59.4 Å². The van der Waals surface area contributed by atoms with Gasteiger partial charge < -0.3 is 10.1 Å². The average molecular weight is 462 g/mol. The van der Waals surface area contributed by atoms with Gasteiger partial charge in [-0.1, -0.05) is 24.3 Å². The number of carbonyl (C=O) groups excluding carboxylic acids is 2. The molecule has 0 radical (unpaired) electrons. The van der Waals surface area contributed by atoms with Gasteiger partial charge in [0.1, 0.15) is 0 Å². The maximum absolute atomic E-state index is 13.0. The molecule has 34 heavy (non-hydrogen) atoms. The van der Waals surface area contributed by atoms with Crippen molar-refractivity contribution in [2.45, 2.75) is 50.6 Å². The van der Waals surface area contributed by atoms with Crippen molar-refractivity contribution in [2.75, 3.05) is 32.7 Å². The molecule has 178 valence electrons. The topological polar surface area (TPSA) is 85.4 Å². The molecule has 2 heterocycles. The molecule has 8 heteroatoms. The molecule has 8 rings (SSSR count). The molecule has 1 aromatic carbocycles. The molecule has 0 spiro atoms. The summed E-state index contributed by atoms with van der Waals surface area (Å²) in [6.45, 7) is 5.66. The lowest BCUT2D eigenvalue weighted by Crippen LogP contribution is -2.57. The lowest BCUT2D eigenvalue weighted by atomic mass is 9.79. The molecule has 1 aromatic heterocycles. The van der Waals surface area contributed by atoms with Crippen molar-refractivity contribution < 1.29 is 14.5 Å². The number of nitrogens with zero attached hydrogens (tertiary/aromatic N) is 5. The Morgan fingerprint density at radius 2 is 1.62 bits per heavy atom. The number of carbonyl (C=O) groups is 2. The lowest BCUT2D eigenvalue weighted by molar-refractivity contribution is -0.749. The standard InChI is InChI=1S/C26H31N5O3/c32-24-20-4-1-2-5-21(20)25(33)23-22(24)27-31(34)30(23)7-3-6-28-8-10-29(11-9-28)26-15-17-12-18(16-26)14-19(26)13-17/h1-2,4-5,17-19H,3,6-16H2. The highest BCUT2D eigenvalue weighted by atomic mass is 16.5. The number of aromatic nitrogens is 3. The predicted octanol–water partition coefficient (Wildman–Crippen LogP) is 1.88. The number of fused-ring (bicyclic) bond motifs is 2. The molecule has 1 aliphatic heterocycles. The van der Waals surface area contributed by atoms with E-state index in [4.69, 9.17) is 0 Å². The second-order valence-corrected chi connectivity index (χ2v) is 11.2. The van der Waals surface area contributed by atoms with Gasteiger partial charge in [-0.2, -0.15) is 0 Å². The first-order chi connectivity index (χ1) is 16.5. The highest BCUT2D eigenvalue weighted by Crippen LogP contribution is 2.62. The van der Waals surface area contributed by atoms with Crippen LogP contribution in [0.4, 0.5) is 0 Å². The minimum absolute atomic E-state index is 0.0210. The molecule has 1 saturated heterocycles. The number of benzene rings is 1. The summed E-state index contributed by atoms with van der Waals surface area (Å²) in [6, 6.07) is 6.72. The van der Waals surface area contributed by atoms with Crippen molar-refractivity contribution in [2.24, 2.45) is 17.8 Å². The Bertz CT molecular complexity index is 1170. The van der Waals surface area contributed by atoms with E-state index in [2.05, 4.69) is 14.9 Å². The van der Waals surface area contributed by atoms with E-state index in [9.17, 15) is 14.8 Å². The first-order valence-corrected chi connectivity index (χ1v) is 12.9. The highest BCUT2D eigenvalue weighted by Gasteiger charge is 2.60. The van der Waals surface area contributed by atoms with Crippen LogP contribution in [0.3, 0.4) is 0 Å². The van der Waals surface area contributed by atoms with Crippen LogP contribution in [0.15, 0.2) is 24.3 Å². The number of hydrogen-bond acceptors (Lipinski definition) is 6. The summed E-state index contributed by atoms with van der Waals surface area (Å²) in [4.78, 5) is 31.6. The minimum Gasteiger partial charge on any atom is -0.571 e. The quantitative estimate of drug-likeness (QED) is 0.426. The molecule has 2 unspecified atom stereocenters.